The molecule has 0 saturated heterocycles. The van der Waals surface area contributed by atoms with Crippen LogP contribution in [-0.2, 0) is 30.9 Å². The molecule has 0 saturated carbocycles. The van der Waals surface area contributed by atoms with Crippen molar-refractivity contribution in [3.8, 4) is 11.4 Å². The molecule has 13 heteroatoms. The zero-order chi connectivity index (χ0) is 37.0. The molecular weight excluding hydrogens is 672 g/mol. The number of nitrogens with zero attached hydrogens (tertiary/aromatic N) is 3. The van der Waals surface area contributed by atoms with Gasteiger partial charge in [0.25, 0.3) is 0 Å². The smallest absolute Gasteiger partial charge is 0.324 e. The van der Waals surface area contributed by atoms with Crippen molar-refractivity contribution in [2.75, 3.05) is 50.0 Å². The van der Waals surface area contributed by atoms with Crippen LogP contribution in [0.3, 0.4) is 0 Å². The van der Waals surface area contributed by atoms with Gasteiger partial charge in [0.1, 0.15) is 24.8 Å². The molecule has 0 fully saturated rings. The van der Waals surface area contributed by atoms with Crippen LogP contribution in [0, 0.1) is 6.92 Å². The molecule has 5 aromatic rings. The summed E-state index contributed by atoms with van der Waals surface area (Å²) in [5.41, 5.74) is 4.84. The van der Waals surface area contributed by atoms with Crippen molar-refractivity contribution in [2.24, 2.45) is 0 Å². The molecule has 0 atom stereocenters. The molecule has 3 N–H and O–H groups in total. The number of urea groups is 1. The summed E-state index contributed by atoms with van der Waals surface area (Å²) in [5.74, 6) is 1.02. The molecular formula is C38H43ClN6O6. The van der Waals surface area contributed by atoms with Crippen molar-refractivity contribution in [3.63, 3.8) is 0 Å². The number of rotatable bonds is 12. The first kappa shape index (κ1) is 38.5. The second kappa shape index (κ2) is 18.1. The predicted molar refractivity (Wildman–Crippen MR) is 200 cm³/mol. The van der Waals surface area contributed by atoms with E-state index in [0.717, 1.165) is 33.3 Å². The standard InChI is InChI=1S/C35H38N6O4.C3H5ClO2/c1-23-10-12-26(13-11-23)41-32(19-31(40-41)35(2,3)4)39-34(43)38-29-14-15-30(28-9-7-6-8-27(28)29)45-17-16-24-18-25(21-36-20-24)37-33(42)22-44-5;1-6-2-3(4)5/h6-15,18-21H,16-17,22H2,1-5H3,(H,37,42)(H2,38,39,43);2H2,1H3. The van der Waals surface area contributed by atoms with Crippen LogP contribution in [0.1, 0.15) is 37.6 Å². The number of anilines is 3. The number of halogens is 1. The molecule has 0 aliphatic carbocycles. The van der Waals surface area contributed by atoms with E-state index in [1.165, 1.54) is 14.2 Å². The molecule has 3 aromatic carbocycles. The Morgan fingerprint density at radius 2 is 1.55 bits per heavy atom. The highest BCUT2D eigenvalue weighted by molar-refractivity contribution is 6.63. The maximum atomic E-state index is 13.3. The quantitative estimate of drug-likeness (QED) is 0.114. The van der Waals surface area contributed by atoms with E-state index in [4.69, 9.17) is 26.2 Å². The van der Waals surface area contributed by atoms with Gasteiger partial charge in [0, 0.05) is 49.1 Å². The van der Waals surface area contributed by atoms with Crippen LogP contribution in [0.2, 0.25) is 0 Å². The van der Waals surface area contributed by atoms with Crippen LogP contribution in [0.5, 0.6) is 5.75 Å². The third-order valence-electron chi connectivity index (χ3n) is 7.39. The van der Waals surface area contributed by atoms with Gasteiger partial charge in [0.15, 0.2) is 0 Å². The predicted octanol–water partition coefficient (Wildman–Crippen LogP) is 7.28. The third-order valence-corrected chi connectivity index (χ3v) is 7.50. The lowest BCUT2D eigenvalue weighted by Crippen LogP contribution is -2.21. The Balaban J connectivity index is 0.000000894. The van der Waals surface area contributed by atoms with Gasteiger partial charge in [-0.25, -0.2) is 9.48 Å². The van der Waals surface area contributed by atoms with E-state index in [9.17, 15) is 14.4 Å². The van der Waals surface area contributed by atoms with E-state index in [2.05, 4.69) is 46.4 Å². The molecule has 2 aromatic heterocycles. The Morgan fingerprint density at radius 3 is 2.20 bits per heavy atom. The number of aromatic nitrogens is 3. The lowest BCUT2D eigenvalue weighted by molar-refractivity contribution is -0.119. The van der Waals surface area contributed by atoms with Crippen LogP contribution < -0.4 is 20.7 Å². The SMILES string of the molecule is COCC(=O)Cl.COCC(=O)Nc1cncc(CCOc2ccc(NC(=O)Nc3cc(C(C)(C)C)nn3-c3ccc(C)cc3)c3ccccc23)c1. The largest absolute Gasteiger partial charge is 0.493 e. The van der Waals surface area contributed by atoms with Crippen molar-refractivity contribution in [1.29, 1.82) is 0 Å². The molecule has 51 heavy (non-hydrogen) atoms. The number of fused-ring (bicyclic) bond motifs is 1. The number of aryl methyl sites for hydroxylation is 1. The van der Waals surface area contributed by atoms with Crippen molar-refractivity contribution < 1.29 is 28.6 Å². The zero-order valence-electron chi connectivity index (χ0n) is 29.6. The normalized spacial score (nSPS) is 11.0. The lowest BCUT2D eigenvalue weighted by Gasteiger charge is -2.14. The Bertz CT molecular complexity index is 1960. The van der Waals surface area contributed by atoms with E-state index < -0.39 is 5.24 Å². The summed E-state index contributed by atoms with van der Waals surface area (Å²) >= 11 is 4.81. The van der Waals surface area contributed by atoms with E-state index in [-0.39, 0.29) is 30.6 Å². The van der Waals surface area contributed by atoms with Crippen LogP contribution in [0.4, 0.5) is 22.0 Å². The molecule has 3 amide bonds. The van der Waals surface area contributed by atoms with Crippen molar-refractivity contribution in [3.05, 3.63) is 102 Å². The molecule has 0 aliphatic heterocycles. The first-order valence-electron chi connectivity index (χ1n) is 16.2. The molecule has 0 aliphatic rings. The summed E-state index contributed by atoms with van der Waals surface area (Å²) in [4.78, 5) is 39.1. The van der Waals surface area contributed by atoms with Crippen LogP contribution in [0.25, 0.3) is 16.5 Å². The summed E-state index contributed by atoms with van der Waals surface area (Å²) < 4.78 is 17.1. The number of ether oxygens (including phenoxy) is 3. The van der Waals surface area contributed by atoms with E-state index in [1.54, 1.807) is 17.1 Å². The highest BCUT2D eigenvalue weighted by Crippen LogP contribution is 2.32. The van der Waals surface area contributed by atoms with Gasteiger partial charge in [-0.1, -0.05) is 62.7 Å². The van der Waals surface area contributed by atoms with Crippen molar-refractivity contribution >= 4 is 56.7 Å². The van der Waals surface area contributed by atoms with Gasteiger partial charge in [0.05, 0.1) is 35.6 Å². The number of pyridine rings is 1. The molecule has 0 spiro atoms. The Hall–Kier alpha value is -5.30. The van der Waals surface area contributed by atoms with Gasteiger partial charge >= 0.3 is 6.03 Å². The van der Waals surface area contributed by atoms with Gasteiger partial charge in [-0.05, 0) is 54.4 Å². The fourth-order valence-electron chi connectivity index (χ4n) is 4.91. The van der Waals surface area contributed by atoms with E-state index in [1.807, 2.05) is 79.7 Å². The van der Waals surface area contributed by atoms with Crippen molar-refractivity contribution in [1.82, 2.24) is 14.8 Å². The van der Waals surface area contributed by atoms with Crippen LogP contribution >= 0.6 is 11.6 Å². The summed E-state index contributed by atoms with van der Waals surface area (Å²) in [6, 6.07) is 22.9. The monoisotopic (exact) mass is 714 g/mol. The van der Waals surface area contributed by atoms with Gasteiger partial charge in [-0.15, -0.1) is 0 Å². The molecule has 268 valence electrons. The number of methoxy groups -OCH3 is 2. The van der Waals surface area contributed by atoms with Crippen LogP contribution in [0.15, 0.2) is 85.2 Å². The van der Waals surface area contributed by atoms with Crippen molar-refractivity contribution in [2.45, 2.75) is 39.5 Å². The summed E-state index contributed by atoms with van der Waals surface area (Å²) in [5, 5.41) is 14.8. The zero-order valence-corrected chi connectivity index (χ0v) is 30.3. The van der Waals surface area contributed by atoms with Gasteiger partial charge in [0.2, 0.25) is 11.1 Å². The molecule has 12 nitrogen and oxygen atoms in total. The van der Waals surface area contributed by atoms with Crippen LogP contribution in [-0.4, -0.2) is 66.0 Å². The second-order valence-corrected chi connectivity index (χ2v) is 13.0. The third kappa shape index (κ3) is 11.4. The molecule has 5 rings (SSSR count). The minimum atomic E-state index is -0.461. The summed E-state index contributed by atoms with van der Waals surface area (Å²) in [6.07, 6.45) is 3.92. The average Bonchev–Trinajstić information content (AvgIpc) is 3.51. The fourth-order valence-corrected chi connectivity index (χ4v) is 5.02. The fraction of sp³-hybridized carbons (Fsp3) is 0.289. The Kier molecular flexibility index (Phi) is 13.7. The maximum absolute atomic E-state index is 13.3. The van der Waals surface area contributed by atoms with Gasteiger partial charge in [-0.3, -0.25) is 19.9 Å². The first-order valence-corrected chi connectivity index (χ1v) is 16.6. The van der Waals surface area contributed by atoms with E-state index in [0.29, 0.717) is 36.0 Å². The summed E-state index contributed by atoms with van der Waals surface area (Å²) in [6.45, 7) is 8.67. The Labute approximate surface area is 302 Å². The number of hydrogen-bond donors (Lipinski definition) is 3. The topological polar surface area (TPSA) is 146 Å². The lowest BCUT2D eigenvalue weighted by atomic mass is 9.92. The first-order chi connectivity index (χ1) is 24.4. The van der Waals surface area contributed by atoms with Gasteiger partial charge < -0.3 is 24.8 Å². The number of carbonyl (C=O) groups is 3. The Morgan fingerprint density at radius 1 is 0.843 bits per heavy atom. The molecule has 0 bridgehead atoms. The maximum Gasteiger partial charge on any atom is 0.324 e. The average molecular weight is 715 g/mol. The molecule has 2 heterocycles. The number of nitrogens with one attached hydrogen (secondary N) is 3. The highest BCUT2D eigenvalue weighted by atomic mass is 35.5. The number of benzene rings is 3. The number of hydrogen-bond acceptors (Lipinski definition) is 8. The van der Waals surface area contributed by atoms with E-state index >= 15 is 0 Å². The summed E-state index contributed by atoms with van der Waals surface area (Å²) in [7, 11) is 2.89. The minimum Gasteiger partial charge on any atom is -0.493 e. The number of amides is 3. The molecule has 0 unspecified atom stereocenters. The van der Waals surface area contributed by atoms with Gasteiger partial charge in [-0.2, -0.15) is 5.10 Å². The molecule has 0 radical (unpaired) electrons. The second-order valence-electron chi connectivity index (χ2n) is 12.6. The minimum absolute atomic E-state index is 0.00154. The number of carbonyl (C=O) groups excluding carboxylic acids is 3. The highest BCUT2D eigenvalue weighted by Gasteiger charge is 2.22.